The first kappa shape index (κ1) is 18.4. The molecular formula is C16H17FN2O3S2. The van der Waals surface area contributed by atoms with Crippen LogP contribution in [0, 0.1) is 5.82 Å². The number of amides is 1. The maximum Gasteiger partial charge on any atom is 0.240 e. The third-order valence-electron chi connectivity index (χ3n) is 3.13. The van der Waals surface area contributed by atoms with Crippen LogP contribution in [-0.4, -0.2) is 27.1 Å². The number of sulfonamides is 1. The van der Waals surface area contributed by atoms with E-state index in [-0.39, 0.29) is 16.6 Å². The van der Waals surface area contributed by atoms with Crippen molar-refractivity contribution in [3.05, 3.63) is 54.3 Å². The van der Waals surface area contributed by atoms with Crippen molar-refractivity contribution in [2.45, 2.75) is 16.2 Å². The first-order valence-corrected chi connectivity index (χ1v) is 9.59. The van der Waals surface area contributed by atoms with Gasteiger partial charge in [0.05, 0.1) is 4.90 Å². The van der Waals surface area contributed by atoms with E-state index in [0.717, 1.165) is 4.90 Å². The molecule has 0 heterocycles. The number of thioether (sulfide) groups is 1. The summed E-state index contributed by atoms with van der Waals surface area (Å²) in [5, 5.41) is 2.71. The maximum absolute atomic E-state index is 12.8. The quantitative estimate of drug-likeness (QED) is 0.737. The van der Waals surface area contributed by atoms with Crippen molar-refractivity contribution in [1.82, 2.24) is 4.72 Å². The third-order valence-corrected chi connectivity index (χ3v) is 5.57. The second-order valence-electron chi connectivity index (χ2n) is 4.83. The van der Waals surface area contributed by atoms with Crippen molar-refractivity contribution in [2.75, 3.05) is 18.1 Å². The predicted molar refractivity (Wildman–Crippen MR) is 93.1 cm³/mol. The molecule has 2 aromatic carbocycles. The highest BCUT2D eigenvalue weighted by Gasteiger charge is 2.11. The number of anilines is 1. The summed E-state index contributed by atoms with van der Waals surface area (Å²) in [5.41, 5.74) is 0.529. The van der Waals surface area contributed by atoms with Crippen LogP contribution < -0.4 is 10.0 Å². The summed E-state index contributed by atoms with van der Waals surface area (Å²) in [6.07, 6.45) is 0.290. The number of halogens is 1. The first-order valence-electron chi connectivity index (χ1n) is 7.12. The fraction of sp³-hybridized carbons (Fsp3) is 0.188. The maximum atomic E-state index is 12.8. The number of hydrogen-bond acceptors (Lipinski definition) is 4. The molecular weight excluding hydrogens is 351 g/mol. The Bertz CT molecular complexity index is 791. The Balaban J connectivity index is 1.83. The van der Waals surface area contributed by atoms with Crippen LogP contribution >= 0.6 is 11.8 Å². The molecule has 0 aliphatic rings. The van der Waals surface area contributed by atoms with Gasteiger partial charge in [-0.25, -0.2) is 17.5 Å². The molecule has 5 nitrogen and oxygen atoms in total. The number of carbonyl (C=O) groups excluding carboxylic acids is 1. The number of hydrogen-bond donors (Lipinski definition) is 2. The van der Waals surface area contributed by atoms with Crippen LogP contribution in [0.15, 0.2) is 58.3 Å². The van der Waals surface area contributed by atoms with Crippen molar-refractivity contribution >= 4 is 33.4 Å². The van der Waals surface area contributed by atoms with E-state index >= 15 is 0 Å². The molecule has 2 aromatic rings. The molecule has 0 saturated carbocycles. The lowest BCUT2D eigenvalue weighted by molar-refractivity contribution is -0.115. The number of rotatable bonds is 7. The fourth-order valence-electron chi connectivity index (χ4n) is 1.85. The summed E-state index contributed by atoms with van der Waals surface area (Å²) in [5.74, 6) is 0.0959. The SMILES string of the molecule is CNS(=O)(=O)c1ccc(NC(=O)CCSc2ccc(F)cc2)cc1. The Labute approximate surface area is 144 Å². The summed E-state index contributed by atoms with van der Waals surface area (Å²) < 4.78 is 38.2. The van der Waals surface area contributed by atoms with Gasteiger partial charge in [-0.3, -0.25) is 4.79 Å². The van der Waals surface area contributed by atoms with Crippen molar-refractivity contribution in [2.24, 2.45) is 0 Å². The molecule has 0 aromatic heterocycles. The molecule has 0 atom stereocenters. The average molecular weight is 368 g/mol. The zero-order valence-electron chi connectivity index (χ0n) is 13.0. The highest BCUT2D eigenvalue weighted by molar-refractivity contribution is 7.99. The van der Waals surface area contributed by atoms with Gasteiger partial charge in [-0.15, -0.1) is 11.8 Å². The lowest BCUT2D eigenvalue weighted by atomic mass is 10.3. The minimum atomic E-state index is -3.48. The zero-order chi connectivity index (χ0) is 17.6. The summed E-state index contributed by atoms with van der Waals surface area (Å²) >= 11 is 1.46. The Kier molecular flexibility index (Phi) is 6.36. The second-order valence-corrected chi connectivity index (χ2v) is 7.89. The van der Waals surface area contributed by atoms with E-state index in [2.05, 4.69) is 10.0 Å². The van der Waals surface area contributed by atoms with Crippen LogP contribution in [0.25, 0.3) is 0 Å². The molecule has 0 aliphatic heterocycles. The van der Waals surface area contributed by atoms with Crippen molar-refractivity contribution in [1.29, 1.82) is 0 Å². The molecule has 2 N–H and O–H groups in total. The van der Waals surface area contributed by atoms with Gasteiger partial charge in [-0.05, 0) is 55.6 Å². The molecule has 2 rings (SSSR count). The average Bonchev–Trinajstić information content (AvgIpc) is 2.57. The van der Waals surface area contributed by atoms with Crippen LogP contribution in [0.4, 0.5) is 10.1 Å². The highest BCUT2D eigenvalue weighted by Crippen LogP contribution is 2.19. The van der Waals surface area contributed by atoms with Crippen LogP contribution in [0.3, 0.4) is 0 Å². The number of nitrogens with one attached hydrogen (secondary N) is 2. The molecule has 0 saturated heterocycles. The molecule has 0 aliphatic carbocycles. The van der Waals surface area contributed by atoms with Gasteiger partial charge in [-0.2, -0.15) is 0 Å². The zero-order valence-corrected chi connectivity index (χ0v) is 14.6. The Morgan fingerprint density at radius 3 is 2.29 bits per heavy atom. The normalized spacial score (nSPS) is 11.2. The second kappa shape index (κ2) is 8.27. The van der Waals surface area contributed by atoms with E-state index in [1.54, 1.807) is 12.1 Å². The van der Waals surface area contributed by atoms with E-state index in [1.807, 2.05) is 0 Å². The van der Waals surface area contributed by atoms with E-state index < -0.39 is 10.0 Å². The number of benzene rings is 2. The molecule has 8 heteroatoms. The fourth-order valence-corrected chi connectivity index (χ4v) is 3.43. The minimum absolute atomic E-state index is 0.134. The smallest absolute Gasteiger partial charge is 0.240 e. The van der Waals surface area contributed by atoms with Crippen LogP contribution in [0.5, 0.6) is 0 Å². The largest absolute Gasteiger partial charge is 0.326 e. The lowest BCUT2D eigenvalue weighted by Crippen LogP contribution is -2.18. The summed E-state index contributed by atoms with van der Waals surface area (Å²) in [7, 11) is -2.15. The van der Waals surface area contributed by atoms with Crippen LogP contribution in [-0.2, 0) is 14.8 Å². The monoisotopic (exact) mass is 368 g/mol. The summed E-state index contributed by atoms with van der Waals surface area (Å²) in [6, 6.07) is 12.0. The van der Waals surface area contributed by atoms with E-state index in [9.17, 15) is 17.6 Å². The van der Waals surface area contributed by atoms with Gasteiger partial charge >= 0.3 is 0 Å². The van der Waals surface area contributed by atoms with Crippen molar-refractivity contribution < 1.29 is 17.6 Å². The Morgan fingerprint density at radius 2 is 1.71 bits per heavy atom. The van der Waals surface area contributed by atoms with Gasteiger partial charge in [0.25, 0.3) is 0 Å². The first-order chi connectivity index (χ1) is 11.4. The standard InChI is InChI=1S/C16H17FN2O3S2/c1-18-24(21,22)15-8-4-13(5-9-15)19-16(20)10-11-23-14-6-2-12(17)3-7-14/h2-9,18H,10-11H2,1H3,(H,19,20). The molecule has 24 heavy (non-hydrogen) atoms. The van der Waals surface area contributed by atoms with E-state index in [0.29, 0.717) is 17.9 Å². The van der Waals surface area contributed by atoms with E-state index in [4.69, 9.17) is 0 Å². The minimum Gasteiger partial charge on any atom is -0.326 e. The van der Waals surface area contributed by atoms with Gasteiger partial charge < -0.3 is 5.32 Å². The number of carbonyl (C=O) groups is 1. The lowest BCUT2D eigenvalue weighted by Gasteiger charge is -2.07. The molecule has 0 spiro atoms. The van der Waals surface area contributed by atoms with Gasteiger partial charge in [-0.1, -0.05) is 0 Å². The van der Waals surface area contributed by atoms with Gasteiger partial charge in [0, 0.05) is 22.8 Å². The Morgan fingerprint density at radius 1 is 1.08 bits per heavy atom. The summed E-state index contributed by atoms with van der Waals surface area (Å²) in [6.45, 7) is 0. The third kappa shape index (κ3) is 5.33. The predicted octanol–water partition coefficient (Wildman–Crippen LogP) is 2.85. The highest BCUT2D eigenvalue weighted by atomic mass is 32.2. The van der Waals surface area contributed by atoms with Crippen molar-refractivity contribution in [3.63, 3.8) is 0 Å². The molecule has 0 unspecified atom stereocenters. The van der Waals surface area contributed by atoms with E-state index in [1.165, 1.54) is 55.2 Å². The summed E-state index contributed by atoms with van der Waals surface area (Å²) in [4.78, 5) is 12.9. The van der Waals surface area contributed by atoms with Crippen LogP contribution in [0.2, 0.25) is 0 Å². The Hall–Kier alpha value is -1.90. The molecule has 0 radical (unpaired) electrons. The molecule has 0 bridgehead atoms. The van der Waals surface area contributed by atoms with Gasteiger partial charge in [0.2, 0.25) is 15.9 Å². The molecule has 128 valence electrons. The topological polar surface area (TPSA) is 75.3 Å². The molecule has 1 amide bonds. The van der Waals surface area contributed by atoms with Gasteiger partial charge in [0.15, 0.2) is 0 Å². The molecule has 0 fully saturated rings. The van der Waals surface area contributed by atoms with Crippen LogP contribution in [0.1, 0.15) is 6.42 Å². The van der Waals surface area contributed by atoms with Crippen molar-refractivity contribution in [3.8, 4) is 0 Å². The van der Waals surface area contributed by atoms with Gasteiger partial charge in [0.1, 0.15) is 5.82 Å².